The Morgan fingerprint density at radius 3 is 2.75 bits per heavy atom. The van der Waals surface area contributed by atoms with E-state index >= 15 is 0 Å². The maximum absolute atomic E-state index is 10.7. The van der Waals surface area contributed by atoms with Gasteiger partial charge >= 0.3 is 5.97 Å². The molecule has 1 aromatic carbocycles. The summed E-state index contributed by atoms with van der Waals surface area (Å²) in [6.07, 6.45) is 0.492. The summed E-state index contributed by atoms with van der Waals surface area (Å²) in [5.41, 5.74) is 0.273. The zero-order valence-corrected chi connectivity index (χ0v) is 10.1. The second-order valence-corrected chi connectivity index (χ2v) is 4.47. The van der Waals surface area contributed by atoms with Crippen LogP contribution in [-0.4, -0.2) is 23.8 Å². The van der Waals surface area contributed by atoms with Gasteiger partial charge in [-0.3, -0.25) is 4.79 Å². The average molecular weight is 243 g/mol. The van der Waals surface area contributed by atoms with Crippen molar-refractivity contribution in [2.45, 2.75) is 25.4 Å². The fourth-order valence-corrected chi connectivity index (χ4v) is 1.82. The van der Waals surface area contributed by atoms with E-state index in [1.807, 2.05) is 18.2 Å². The monoisotopic (exact) mass is 242 g/mol. The third-order valence-corrected chi connectivity index (χ3v) is 2.72. The highest BCUT2D eigenvalue weighted by Crippen LogP contribution is 2.22. The van der Waals surface area contributed by atoms with Gasteiger partial charge in [0.25, 0.3) is 0 Å². The van der Waals surface area contributed by atoms with Crippen molar-refractivity contribution in [3.05, 3.63) is 34.9 Å². The van der Waals surface area contributed by atoms with Crippen molar-refractivity contribution in [3.63, 3.8) is 0 Å². The van der Waals surface area contributed by atoms with Crippen LogP contribution in [0.3, 0.4) is 0 Å². The minimum absolute atomic E-state index is 0.0317. The molecule has 16 heavy (non-hydrogen) atoms. The van der Waals surface area contributed by atoms with Gasteiger partial charge in [0, 0.05) is 18.6 Å². The normalized spacial score (nSPS) is 14.4. The fourth-order valence-electron chi connectivity index (χ4n) is 1.61. The second kappa shape index (κ2) is 5.32. The molecular formula is C12H15ClO3. The number of benzene rings is 1. The molecule has 0 spiro atoms. The van der Waals surface area contributed by atoms with Crippen LogP contribution in [0.15, 0.2) is 24.3 Å². The summed E-state index contributed by atoms with van der Waals surface area (Å²) in [5, 5.41) is 9.45. The number of halogens is 1. The Hall–Kier alpha value is -1.06. The Labute approximate surface area is 100.0 Å². The van der Waals surface area contributed by atoms with E-state index in [-0.39, 0.29) is 6.42 Å². The number of aliphatic carboxylic acids is 1. The van der Waals surface area contributed by atoms with Gasteiger partial charge < -0.3 is 9.84 Å². The number of carboxylic acids is 1. The standard InChI is InChI=1S/C12H15ClO3/c1-12(16-2,8-11(14)15)7-9-4-3-5-10(13)6-9/h3-6H,7-8H2,1-2H3,(H,14,15). The van der Waals surface area contributed by atoms with Gasteiger partial charge in [-0.2, -0.15) is 0 Å². The molecule has 1 atom stereocenters. The van der Waals surface area contributed by atoms with Crippen LogP contribution in [0.1, 0.15) is 18.9 Å². The van der Waals surface area contributed by atoms with E-state index < -0.39 is 11.6 Å². The van der Waals surface area contributed by atoms with Gasteiger partial charge in [-0.25, -0.2) is 0 Å². The number of hydrogen-bond acceptors (Lipinski definition) is 2. The highest BCUT2D eigenvalue weighted by Gasteiger charge is 2.27. The topological polar surface area (TPSA) is 46.5 Å². The summed E-state index contributed by atoms with van der Waals surface area (Å²) >= 11 is 5.87. The molecule has 0 amide bonds. The smallest absolute Gasteiger partial charge is 0.306 e. The number of carbonyl (C=O) groups is 1. The molecule has 0 radical (unpaired) electrons. The van der Waals surface area contributed by atoms with Crippen LogP contribution in [0.4, 0.5) is 0 Å². The minimum atomic E-state index is -0.869. The lowest BCUT2D eigenvalue weighted by Gasteiger charge is -2.26. The molecule has 0 aliphatic rings. The van der Waals surface area contributed by atoms with Crippen LogP contribution in [0, 0.1) is 0 Å². The van der Waals surface area contributed by atoms with Gasteiger partial charge in [0.2, 0.25) is 0 Å². The van der Waals surface area contributed by atoms with Crippen molar-refractivity contribution in [2.24, 2.45) is 0 Å². The molecule has 1 rings (SSSR count). The number of methoxy groups -OCH3 is 1. The quantitative estimate of drug-likeness (QED) is 0.864. The maximum Gasteiger partial charge on any atom is 0.306 e. The first kappa shape index (κ1) is 13.0. The highest BCUT2D eigenvalue weighted by atomic mass is 35.5. The Balaban J connectivity index is 2.80. The van der Waals surface area contributed by atoms with Gasteiger partial charge in [0.1, 0.15) is 0 Å². The molecule has 0 bridgehead atoms. The lowest BCUT2D eigenvalue weighted by Crippen LogP contribution is -2.33. The SMILES string of the molecule is COC(C)(CC(=O)O)Cc1cccc(Cl)c1. The zero-order chi connectivity index (χ0) is 12.2. The summed E-state index contributed by atoms with van der Waals surface area (Å²) in [7, 11) is 1.52. The molecule has 0 aromatic heterocycles. The average Bonchev–Trinajstić information content (AvgIpc) is 2.16. The Morgan fingerprint density at radius 1 is 1.56 bits per heavy atom. The number of hydrogen-bond donors (Lipinski definition) is 1. The van der Waals surface area contributed by atoms with Crippen LogP contribution in [0.5, 0.6) is 0 Å². The maximum atomic E-state index is 10.7. The van der Waals surface area contributed by atoms with Gasteiger partial charge in [0.05, 0.1) is 12.0 Å². The Kier molecular flexibility index (Phi) is 4.33. The zero-order valence-electron chi connectivity index (χ0n) is 9.37. The largest absolute Gasteiger partial charge is 0.481 e. The van der Waals surface area contributed by atoms with Crippen molar-refractivity contribution in [1.29, 1.82) is 0 Å². The third-order valence-electron chi connectivity index (χ3n) is 2.49. The van der Waals surface area contributed by atoms with Crippen molar-refractivity contribution < 1.29 is 14.6 Å². The molecular weight excluding hydrogens is 228 g/mol. The Bertz CT molecular complexity index is 378. The van der Waals surface area contributed by atoms with E-state index in [9.17, 15) is 4.79 Å². The number of rotatable bonds is 5. The second-order valence-electron chi connectivity index (χ2n) is 4.03. The highest BCUT2D eigenvalue weighted by molar-refractivity contribution is 6.30. The minimum Gasteiger partial charge on any atom is -0.481 e. The molecule has 1 N–H and O–H groups in total. The third kappa shape index (κ3) is 3.83. The van der Waals surface area contributed by atoms with Crippen molar-refractivity contribution >= 4 is 17.6 Å². The summed E-state index contributed by atoms with van der Waals surface area (Å²) < 4.78 is 5.27. The lowest BCUT2D eigenvalue weighted by molar-refractivity contribution is -0.143. The molecule has 0 aliphatic heterocycles. The van der Waals surface area contributed by atoms with Crippen molar-refractivity contribution in [3.8, 4) is 0 Å². The van der Waals surface area contributed by atoms with Crippen LogP contribution in [0.2, 0.25) is 5.02 Å². The lowest BCUT2D eigenvalue weighted by atomic mass is 9.93. The Morgan fingerprint density at radius 2 is 2.25 bits per heavy atom. The molecule has 1 aromatic rings. The molecule has 0 saturated carbocycles. The van der Waals surface area contributed by atoms with Gasteiger partial charge in [-0.15, -0.1) is 0 Å². The van der Waals surface area contributed by atoms with Crippen LogP contribution in [0.25, 0.3) is 0 Å². The molecule has 88 valence electrons. The van der Waals surface area contributed by atoms with Crippen LogP contribution in [-0.2, 0) is 16.0 Å². The first-order chi connectivity index (χ1) is 7.45. The molecule has 0 aliphatic carbocycles. The molecule has 0 heterocycles. The fraction of sp³-hybridized carbons (Fsp3) is 0.417. The van der Waals surface area contributed by atoms with Crippen molar-refractivity contribution in [1.82, 2.24) is 0 Å². The van der Waals surface area contributed by atoms with Gasteiger partial charge in [-0.05, 0) is 24.6 Å². The molecule has 1 unspecified atom stereocenters. The first-order valence-corrected chi connectivity index (χ1v) is 5.34. The molecule has 4 heteroatoms. The summed E-state index contributed by atoms with van der Waals surface area (Å²) in [6.45, 7) is 1.78. The summed E-state index contributed by atoms with van der Waals surface area (Å²) in [6, 6.07) is 7.35. The van der Waals surface area contributed by atoms with E-state index in [2.05, 4.69) is 0 Å². The molecule has 3 nitrogen and oxygen atoms in total. The molecule has 0 fully saturated rings. The first-order valence-electron chi connectivity index (χ1n) is 4.96. The number of carboxylic acid groups (broad SMARTS) is 1. The summed E-state index contributed by atoms with van der Waals surface area (Å²) in [5.74, 6) is -0.869. The summed E-state index contributed by atoms with van der Waals surface area (Å²) in [4.78, 5) is 10.7. The van der Waals surface area contributed by atoms with E-state index in [0.29, 0.717) is 11.4 Å². The van der Waals surface area contributed by atoms with E-state index in [4.69, 9.17) is 21.4 Å². The molecule has 0 saturated heterocycles. The number of ether oxygens (including phenoxy) is 1. The predicted molar refractivity (Wildman–Crippen MR) is 62.8 cm³/mol. The van der Waals surface area contributed by atoms with E-state index in [0.717, 1.165) is 5.56 Å². The van der Waals surface area contributed by atoms with Crippen LogP contribution < -0.4 is 0 Å². The van der Waals surface area contributed by atoms with E-state index in [1.54, 1.807) is 13.0 Å². The van der Waals surface area contributed by atoms with Crippen LogP contribution >= 0.6 is 11.6 Å². The van der Waals surface area contributed by atoms with Gasteiger partial charge in [0.15, 0.2) is 0 Å². The predicted octanol–water partition coefficient (Wildman–Crippen LogP) is 2.76. The van der Waals surface area contributed by atoms with Gasteiger partial charge in [-0.1, -0.05) is 23.7 Å². The van der Waals surface area contributed by atoms with Crippen molar-refractivity contribution in [2.75, 3.05) is 7.11 Å². The van der Waals surface area contributed by atoms with E-state index in [1.165, 1.54) is 7.11 Å².